The van der Waals surface area contributed by atoms with Gasteiger partial charge in [-0.25, -0.2) is 0 Å². The zero-order chi connectivity index (χ0) is 10.8. The molecule has 0 aromatic heterocycles. The highest BCUT2D eigenvalue weighted by Gasteiger charge is 2.59. The molecule has 4 fully saturated rings. The Hall–Kier alpha value is -0.0400. The third kappa shape index (κ3) is 1.16. The number of likely N-dealkylation sites (tertiary alicyclic amines) is 1. The van der Waals surface area contributed by atoms with Crippen LogP contribution in [0.15, 0.2) is 0 Å². The van der Waals surface area contributed by atoms with Crippen LogP contribution in [0.1, 0.15) is 57.8 Å². The Kier molecular flexibility index (Phi) is 2.02. The second-order valence-electron chi connectivity index (χ2n) is 6.99. The van der Waals surface area contributed by atoms with Gasteiger partial charge in [0.15, 0.2) is 0 Å². The van der Waals surface area contributed by atoms with Gasteiger partial charge in [0.2, 0.25) is 0 Å². The van der Waals surface area contributed by atoms with Gasteiger partial charge < -0.3 is 0 Å². The Morgan fingerprint density at radius 3 is 2.25 bits per heavy atom. The van der Waals surface area contributed by atoms with Gasteiger partial charge in [-0.15, -0.1) is 0 Å². The van der Waals surface area contributed by atoms with Gasteiger partial charge in [0.25, 0.3) is 0 Å². The fourth-order valence-corrected chi connectivity index (χ4v) is 5.43. The van der Waals surface area contributed by atoms with E-state index in [2.05, 4.69) is 11.9 Å². The minimum absolute atomic E-state index is 0.691. The van der Waals surface area contributed by atoms with Crippen LogP contribution in [-0.4, -0.2) is 23.5 Å². The Balaban J connectivity index is 1.61. The highest BCUT2D eigenvalue weighted by molar-refractivity contribution is 5.13. The average molecular weight is 219 g/mol. The molecule has 0 aromatic rings. The van der Waals surface area contributed by atoms with Crippen molar-refractivity contribution in [3.05, 3.63) is 0 Å². The van der Waals surface area contributed by atoms with Crippen molar-refractivity contribution in [2.24, 2.45) is 17.8 Å². The molecule has 1 heteroatoms. The molecular formula is C15H25N. The van der Waals surface area contributed by atoms with Gasteiger partial charge in [-0.2, -0.15) is 0 Å². The Labute approximate surface area is 99.6 Å². The monoisotopic (exact) mass is 219 g/mol. The lowest BCUT2D eigenvalue weighted by molar-refractivity contribution is -0.0746. The normalized spacial score (nSPS) is 50.1. The highest BCUT2D eigenvalue weighted by atomic mass is 15.3. The van der Waals surface area contributed by atoms with E-state index in [4.69, 9.17) is 0 Å². The molecular weight excluding hydrogens is 194 g/mol. The van der Waals surface area contributed by atoms with Crippen molar-refractivity contribution in [1.29, 1.82) is 0 Å². The van der Waals surface area contributed by atoms with Crippen LogP contribution >= 0.6 is 0 Å². The summed E-state index contributed by atoms with van der Waals surface area (Å²) in [6.45, 7) is 0. The first-order valence-corrected chi connectivity index (χ1v) is 7.55. The summed E-state index contributed by atoms with van der Waals surface area (Å²) in [4.78, 5) is 2.86. The largest absolute Gasteiger partial charge is 0.297 e. The van der Waals surface area contributed by atoms with Crippen LogP contribution in [0.5, 0.6) is 0 Å². The average Bonchev–Trinajstić information content (AvgIpc) is 2.95. The maximum atomic E-state index is 2.86. The van der Waals surface area contributed by atoms with Crippen molar-refractivity contribution in [1.82, 2.24) is 4.90 Å². The van der Waals surface area contributed by atoms with E-state index in [0.717, 1.165) is 23.8 Å². The zero-order valence-electron chi connectivity index (χ0n) is 10.6. The number of hydrogen-bond donors (Lipinski definition) is 0. The highest BCUT2D eigenvalue weighted by Crippen LogP contribution is 2.60. The standard InChI is InChI=1S/C15H25N/c1-16-14-12(11-6-4-7-13(11)14)5-2-3-8-15(16)9-10-15/h11-14H,2-10H2,1H3. The van der Waals surface area contributed by atoms with E-state index in [0.29, 0.717) is 5.54 Å². The van der Waals surface area contributed by atoms with Crippen LogP contribution < -0.4 is 0 Å². The molecule has 1 aliphatic heterocycles. The summed E-state index contributed by atoms with van der Waals surface area (Å²) in [7, 11) is 2.46. The van der Waals surface area contributed by atoms with Crippen molar-refractivity contribution in [2.45, 2.75) is 69.4 Å². The van der Waals surface area contributed by atoms with Gasteiger partial charge in [0, 0.05) is 11.6 Å². The van der Waals surface area contributed by atoms with Crippen LogP contribution in [0.3, 0.4) is 0 Å². The lowest BCUT2D eigenvalue weighted by Crippen LogP contribution is -2.60. The smallest absolute Gasteiger partial charge is 0.0211 e. The summed E-state index contributed by atoms with van der Waals surface area (Å²) in [5.41, 5.74) is 0.691. The molecule has 1 heterocycles. The van der Waals surface area contributed by atoms with Crippen LogP contribution in [0.25, 0.3) is 0 Å². The summed E-state index contributed by atoms with van der Waals surface area (Å²) in [5.74, 6) is 3.34. The van der Waals surface area contributed by atoms with Crippen LogP contribution in [0.4, 0.5) is 0 Å². The summed E-state index contributed by atoms with van der Waals surface area (Å²) < 4.78 is 0. The van der Waals surface area contributed by atoms with Gasteiger partial charge in [-0.05, 0) is 63.3 Å². The molecule has 90 valence electrons. The van der Waals surface area contributed by atoms with Gasteiger partial charge >= 0.3 is 0 Å². The molecule has 0 bridgehead atoms. The molecule has 4 unspecified atom stereocenters. The fourth-order valence-electron chi connectivity index (χ4n) is 5.43. The molecule has 3 aliphatic carbocycles. The fraction of sp³-hybridized carbons (Fsp3) is 1.00. The van der Waals surface area contributed by atoms with Crippen molar-refractivity contribution < 1.29 is 0 Å². The number of hydrogen-bond acceptors (Lipinski definition) is 1. The molecule has 1 spiro atoms. The number of nitrogens with zero attached hydrogens (tertiary/aromatic N) is 1. The summed E-state index contributed by atoms with van der Waals surface area (Å²) in [6, 6.07) is 0.996. The number of fused-ring (bicyclic) bond motifs is 4. The molecule has 1 saturated heterocycles. The zero-order valence-corrected chi connectivity index (χ0v) is 10.6. The third-order valence-electron chi connectivity index (χ3n) is 6.50. The van der Waals surface area contributed by atoms with Crippen molar-refractivity contribution in [3.63, 3.8) is 0 Å². The maximum Gasteiger partial charge on any atom is 0.0211 e. The van der Waals surface area contributed by atoms with E-state index < -0.39 is 0 Å². The first-order valence-electron chi connectivity index (χ1n) is 7.55. The van der Waals surface area contributed by atoms with Gasteiger partial charge in [-0.1, -0.05) is 19.3 Å². The summed E-state index contributed by atoms with van der Waals surface area (Å²) in [6.07, 6.45) is 13.7. The van der Waals surface area contributed by atoms with Crippen LogP contribution in [-0.2, 0) is 0 Å². The number of rotatable bonds is 0. The van der Waals surface area contributed by atoms with Crippen molar-refractivity contribution in [3.8, 4) is 0 Å². The Bertz CT molecular complexity index is 294. The van der Waals surface area contributed by atoms with E-state index >= 15 is 0 Å². The van der Waals surface area contributed by atoms with Crippen LogP contribution in [0.2, 0.25) is 0 Å². The van der Waals surface area contributed by atoms with Gasteiger partial charge in [0.1, 0.15) is 0 Å². The minimum Gasteiger partial charge on any atom is -0.297 e. The predicted molar refractivity (Wildman–Crippen MR) is 66.3 cm³/mol. The van der Waals surface area contributed by atoms with E-state index in [1.165, 1.54) is 38.5 Å². The molecule has 0 radical (unpaired) electrons. The molecule has 0 N–H and O–H groups in total. The van der Waals surface area contributed by atoms with E-state index in [-0.39, 0.29) is 0 Å². The molecule has 0 amide bonds. The molecule has 3 saturated carbocycles. The SMILES string of the molecule is CN1C2C(CCCCC13CC3)C1CCCC12. The van der Waals surface area contributed by atoms with E-state index in [9.17, 15) is 0 Å². The van der Waals surface area contributed by atoms with Gasteiger partial charge in [-0.3, -0.25) is 4.90 Å². The third-order valence-corrected chi connectivity index (χ3v) is 6.50. The molecule has 4 rings (SSSR count). The molecule has 4 atom stereocenters. The Morgan fingerprint density at radius 2 is 1.50 bits per heavy atom. The lowest BCUT2D eigenvalue weighted by Gasteiger charge is -2.56. The second-order valence-corrected chi connectivity index (χ2v) is 6.99. The minimum atomic E-state index is 0.691. The van der Waals surface area contributed by atoms with E-state index in [1.54, 1.807) is 19.3 Å². The molecule has 0 aromatic carbocycles. The second kappa shape index (κ2) is 3.25. The quantitative estimate of drug-likeness (QED) is 0.603. The first-order chi connectivity index (χ1) is 7.82. The summed E-state index contributed by atoms with van der Waals surface area (Å²) >= 11 is 0. The molecule has 16 heavy (non-hydrogen) atoms. The predicted octanol–water partition coefficient (Wildman–Crippen LogP) is 3.44. The van der Waals surface area contributed by atoms with Crippen LogP contribution in [0, 0.1) is 17.8 Å². The van der Waals surface area contributed by atoms with Gasteiger partial charge in [0.05, 0.1) is 0 Å². The topological polar surface area (TPSA) is 3.24 Å². The van der Waals surface area contributed by atoms with Crippen molar-refractivity contribution >= 4 is 0 Å². The lowest BCUT2D eigenvalue weighted by atomic mass is 9.59. The molecule has 1 nitrogen and oxygen atoms in total. The van der Waals surface area contributed by atoms with Crippen molar-refractivity contribution in [2.75, 3.05) is 7.05 Å². The van der Waals surface area contributed by atoms with E-state index in [1.807, 2.05) is 0 Å². The summed E-state index contributed by atoms with van der Waals surface area (Å²) in [5, 5.41) is 0. The molecule has 4 aliphatic rings. The first kappa shape index (κ1) is 9.94. The maximum absolute atomic E-state index is 2.86. The Morgan fingerprint density at radius 1 is 0.812 bits per heavy atom.